The molecule has 0 aromatic carbocycles. The van der Waals surface area contributed by atoms with Crippen LogP contribution in [0.5, 0.6) is 0 Å². The lowest BCUT2D eigenvalue weighted by Crippen LogP contribution is -2.27. The van der Waals surface area contributed by atoms with Gasteiger partial charge in [-0.15, -0.1) is 0 Å². The highest BCUT2D eigenvalue weighted by atomic mass is 15.2. The number of aromatic nitrogens is 3. The van der Waals surface area contributed by atoms with Gasteiger partial charge in [-0.2, -0.15) is 0 Å². The van der Waals surface area contributed by atoms with E-state index in [1.54, 1.807) is 0 Å². The first-order valence-corrected chi connectivity index (χ1v) is 6.56. The monoisotopic (exact) mass is 246 g/mol. The van der Waals surface area contributed by atoms with Crippen LogP contribution in [0.25, 0.3) is 11.0 Å². The Hall–Kier alpha value is -1.42. The third-order valence-electron chi connectivity index (χ3n) is 2.91. The summed E-state index contributed by atoms with van der Waals surface area (Å²) in [5.74, 6) is 1.08. The number of imidazole rings is 1. The molecule has 0 spiro atoms. The number of fused-ring (bicyclic) bond motifs is 1. The topological polar surface area (TPSA) is 42.7 Å². The van der Waals surface area contributed by atoms with Crippen molar-refractivity contribution in [3.05, 3.63) is 24.3 Å². The Morgan fingerprint density at radius 3 is 2.78 bits per heavy atom. The standard InChI is InChI=1S/C14H22N4/c1-5-7-15-10-13-17-11-9-16-8-6-12(11)18(13)14(2,3)4/h6,8-9,15H,5,7,10H2,1-4H3. The fourth-order valence-electron chi connectivity index (χ4n) is 2.23. The van der Waals surface area contributed by atoms with Crippen LogP contribution in [0.1, 0.15) is 39.9 Å². The Kier molecular flexibility index (Phi) is 3.66. The second-order valence-corrected chi connectivity index (χ2v) is 5.58. The van der Waals surface area contributed by atoms with Crippen molar-refractivity contribution in [1.82, 2.24) is 19.9 Å². The maximum atomic E-state index is 4.69. The van der Waals surface area contributed by atoms with Crippen molar-refractivity contribution >= 4 is 11.0 Å². The molecule has 4 heteroatoms. The van der Waals surface area contributed by atoms with Crippen LogP contribution in [0.15, 0.2) is 18.5 Å². The van der Waals surface area contributed by atoms with Crippen molar-refractivity contribution in [2.45, 2.75) is 46.2 Å². The van der Waals surface area contributed by atoms with Crippen molar-refractivity contribution in [2.75, 3.05) is 6.54 Å². The van der Waals surface area contributed by atoms with Gasteiger partial charge in [-0.3, -0.25) is 4.98 Å². The Balaban J connectivity index is 2.44. The molecule has 18 heavy (non-hydrogen) atoms. The van der Waals surface area contributed by atoms with E-state index in [0.717, 1.165) is 36.4 Å². The van der Waals surface area contributed by atoms with Crippen LogP contribution in [0.2, 0.25) is 0 Å². The van der Waals surface area contributed by atoms with Gasteiger partial charge in [0.15, 0.2) is 0 Å². The minimum absolute atomic E-state index is 0.0271. The zero-order valence-corrected chi connectivity index (χ0v) is 11.7. The van der Waals surface area contributed by atoms with Crippen LogP contribution in [0, 0.1) is 0 Å². The van der Waals surface area contributed by atoms with Crippen LogP contribution in [0.4, 0.5) is 0 Å². The number of hydrogen-bond acceptors (Lipinski definition) is 3. The highest BCUT2D eigenvalue weighted by Gasteiger charge is 2.20. The van der Waals surface area contributed by atoms with Gasteiger partial charge in [-0.1, -0.05) is 6.92 Å². The first-order valence-electron chi connectivity index (χ1n) is 6.56. The van der Waals surface area contributed by atoms with E-state index in [1.165, 1.54) is 0 Å². The number of nitrogens with one attached hydrogen (secondary N) is 1. The van der Waals surface area contributed by atoms with Crippen molar-refractivity contribution in [3.8, 4) is 0 Å². The molecule has 0 unspecified atom stereocenters. The van der Waals surface area contributed by atoms with Gasteiger partial charge in [0.25, 0.3) is 0 Å². The number of hydrogen-bond donors (Lipinski definition) is 1. The van der Waals surface area contributed by atoms with E-state index in [0.29, 0.717) is 0 Å². The summed E-state index contributed by atoms with van der Waals surface area (Å²) in [6, 6.07) is 2.04. The molecule has 0 radical (unpaired) electrons. The Bertz CT molecular complexity index is 522. The van der Waals surface area contributed by atoms with Crippen LogP contribution in [0.3, 0.4) is 0 Å². The van der Waals surface area contributed by atoms with Crippen molar-refractivity contribution < 1.29 is 0 Å². The van der Waals surface area contributed by atoms with Crippen molar-refractivity contribution in [2.24, 2.45) is 0 Å². The highest BCUT2D eigenvalue weighted by Crippen LogP contribution is 2.24. The summed E-state index contributed by atoms with van der Waals surface area (Å²) in [6.07, 6.45) is 4.80. The summed E-state index contributed by atoms with van der Waals surface area (Å²) in [5.41, 5.74) is 2.16. The third-order valence-corrected chi connectivity index (χ3v) is 2.91. The highest BCUT2D eigenvalue weighted by molar-refractivity contribution is 5.75. The Labute approximate surface area is 108 Å². The second kappa shape index (κ2) is 5.06. The third kappa shape index (κ3) is 2.53. The van der Waals surface area contributed by atoms with E-state index >= 15 is 0 Å². The first-order chi connectivity index (χ1) is 8.54. The zero-order valence-electron chi connectivity index (χ0n) is 11.7. The Morgan fingerprint density at radius 1 is 1.33 bits per heavy atom. The molecule has 0 atom stereocenters. The Morgan fingerprint density at radius 2 is 2.11 bits per heavy atom. The average molecular weight is 246 g/mol. The summed E-state index contributed by atoms with van der Waals surface area (Å²) < 4.78 is 2.30. The molecule has 0 aliphatic rings. The van der Waals surface area contributed by atoms with Gasteiger partial charge in [0.1, 0.15) is 11.3 Å². The normalized spacial score (nSPS) is 12.2. The quantitative estimate of drug-likeness (QED) is 0.843. The van der Waals surface area contributed by atoms with E-state index in [2.05, 4.69) is 47.5 Å². The van der Waals surface area contributed by atoms with Gasteiger partial charge in [-0.25, -0.2) is 4.98 Å². The summed E-state index contributed by atoms with van der Waals surface area (Å²) >= 11 is 0. The van der Waals surface area contributed by atoms with Gasteiger partial charge < -0.3 is 9.88 Å². The molecule has 0 bridgehead atoms. The molecule has 2 aromatic rings. The number of pyridine rings is 1. The molecular weight excluding hydrogens is 224 g/mol. The molecule has 4 nitrogen and oxygen atoms in total. The fraction of sp³-hybridized carbons (Fsp3) is 0.571. The zero-order chi connectivity index (χ0) is 13.2. The maximum Gasteiger partial charge on any atom is 0.124 e. The lowest BCUT2D eigenvalue weighted by Gasteiger charge is -2.24. The molecule has 0 saturated heterocycles. The molecule has 1 N–H and O–H groups in total. The van der Waals surface area contributed by atoms with Crippen LogP contribution in [-0.2, 0) is 12.1 Å². The van der Waals surface area contributed by atoms with Crippen molar-refractivity contribution in [3.63, 3.8) is 0 Å². The second-order valence-electron chi connectivity index (χ2n) is 5.58. The SMILES string of the molecule is CCCNCc1nc2cnccc2n1C(C)(C)C. The lowest BCUT2D eigenvalue weighted by molar-refractivity contribution is 0.389. The predicted octanol–water partition coefficient (Wildman–Crippen LogP) is 2.69. The van der Waals surface area contributed by atoms with E-state index < -0.39 is 0 Å². The van der Waals surface area contributed by atoms with Gasteiger partial charge >= 0.3 is 0 Å². The van der Waals surface area contributed by atoms with E-state index in [4.69, 9.17) is 0 Å². The summed E-state index contributed by atoms with van der Waals surface area (Å²) in [4.78, 5) is 8.84. The van der Waals surface area contributed by atoms with Crippen LogP contribution in [-0.4, -0.2) is 21.1 Å². The van der Waals surface area contributed by atoms with Crippen LogP contribution < -0.4 is 5.32 Å². The minimum Gasteiger partial charge on any atom is -0.321 e. The smallest absolute Gasteiger partial charge is 0.124 e. The van der Waals surface area contributed by atoms with Gasteiger partial charge in [-0.05, 0) is 39.8 Å². The molecule has 2 rings (SSSR count). The molecule has 0 amide bonds. The fourth-order valence-corrected chi connectivity index (χ4v) is 2.23. The molecule has 98 valence electrons. The van der Waals surface area contributed by atoms with Gasteiger partial charge in [0, 0.05) is 11.7 Å². The lowest BCUT2D eigenvalue weighted by atomic mass is 10.1. The summed E-state index contributed by atoms with van der Waals surface area (Å²) in [6.45, 7) is 10.6. The maximum absolute atomic E-state index is 4.69. The van der Waals surface area contributed by atoms with Gasteiger partial charge in [0.2, 0.25) is 0 Å². The molecule has 0 saturated carbocycles. The first kappa shape index (κ1) is 13.0. The van der Waals surface area contributed by atoms with Crippen LogP contribution >= 0.6 is 0 Å². The van der Waals surface area contributed by atoms with E-state index in [-0.39, 0.29) is 5.54 Å². The summed E-state index contributed by atoms with van der Waals surface area (Å²) in [7, 11) is 0. The molecule has 0 fully saturated rings. The predicted molar refractivity (Wildman–Crippen MR) is 74.5 cm³/mol. The number of rotatable bonds is 4. The average Bonchev–Trinajstić information content (AvgIpc) is 2.67. The largest absolute Gasteiger partial charge is 0.321 e. The molecule has 2 heterocycles. The van der Waals surface area contributed by atoms with E-state index in [9.17, 15) is 0 Å². The summed E-state index contributed by atoms with van der Waals surface area (Å²) in [5, 5.41) is 3.42. The van der Waals surface area contributed by atoms with E-state index in [1.807, 2.05) is 18.5 Å². The number of nitrogens with zero attached hydrogens (tertiary/aromatic N) is 3. The minimum atomic E-state index is 0.0271. The molecule has 0 aliphatic heterocycles. The molecule has 0 aliphatic carbocycles. The van der Waals surface area contributed by atoms with Gasteiger partial charge in [0.05, 0.1) is 18.3 Å². The van der Waals surface area contributed by atoms with Crippen molar-refractivity contribution in [1.29, 1.82) is 0 Å². The molecular formula is C14H22N4. The molecule has 2 aromatic heterocycles.